The number of likely N-dealkylation sites (tertiary alicyclic amines) is 1. The third-order valence-electron chi connectivity index (χ3n) is 6.76. The lowest BCUT2D eigenvalue weighted by atomic mass is 9.95. The Bertz CT molecular complexity index is 864. The summed E-state index contributed by atoms with van der Waals surface area (Å²) in [4.78, 5) is 4.79. The number of methoxy groups -OCH3 is 1. The van der Waals surface area contributed by atoms with Crippen molar-refractivity contribution in [2.24, 2.45) is 5.92 Å². The third-order valence-corrected chi connectivity index (χ3v) is 6.76. The van der Waals surface area contributed by atoms with Crippen molar-refractivity contribution in [2.75, 3.05) is 39.9 Å². The average molecular weight is 443 g/mol. The van der Waals surface area contributed by atoms with E-state index in [2.05, 4.69) is 9.80 Å². The fraction of sp³-hybridized carbons (Fsp3) is 0.538. The average Bonchev–Trinajstić information content (AvgIpc) is 3.31. The van der Waals surface area contributed by atoms with Crippen LogP contribution in [0.3, 0.4) is 0 Å². The van der Waals surface area contributed by atoms with Gasteiger partial charge in [0.05, 0.1) is 13.2 Å². The monoisotopic (exact) mass is 442 g/mol. The number of para-hydroxylation sites is 1. The van der Waals surface area contributed by atoms with Crippen molar-refractivity contribution in [3.8, 4) is 11.5 Å². The second-order valence-corrected chi connectivity index (χ2v) is 9.11. The van der Waals surface area contributed by atoms with Gasteiger partial charge in [-0.15, -0.1) is 0 Å². The molecule has 1 N–H and O–H groups in total. The van der Waals surface area contributed by atoms with Crippen LogP contribution in [0.1, 0.15) is 36.8 Å². The molecule has 6 heteroatoms. The topological polar surface area (TPSA) is 45.2 Å². The lowest BCUT2D eigenvalue weighted by molar-refractivity contribution is 0.0566. The van der Waals surface area contributed by atoms with Crippen LogP contribution >= 0.6 is 0 Å². The highest BCUT2D eigenvalue weighted by molar-refractivity contribution is 5.45. The molecule has 0 bridgehead atoms. The number of halogens is 1. The maximum Gasteiger partial charge on any atom is 0.162 e. The van der Waals surface area contributed by atoms with Crippen LogP contribution in [0.25, 0.3) is 0 Å². The van der Waals surface area contributed by atoms with Crippen LogP contribution in [0.2, 0.25) is 0 Å². The second kappa shape index (κ2) is 11.1. The summed E-state index contributed by atoms with van der Waals surface area (Å²) in [7, 11) is 1.58. The van der Waals surface area contributed by atoms with Crippen LogP contribution in [0, 0.1) is 11.7 Å². The summed E-state index contributed by atoms with van der Waals surface area (Å²) in [6, 6.07) is 12.8. The quantitative estimate of drug-likeness (QED) is 0.622. The van der Waals surface area contributed by atoms with E-state index in [-0.39, 0.29) is 17.7 Å². The van der Waals surface area contributed by atoms with Crippen molar-refractivity contribution in [2.45, 2.75) is 44.9 Å². The van der Waals surface area contributed by atoms with E-state index >= 15 is 0 Å². The van der Waals surface area contributed by atoms with Gasteiger partial charge in [-0.1, -0.05) is 30.3 Å². The van der Waals surface area contributed by atoms with Gasteiger partial charge in [-0.3, -0.25) is 9.80 Å². The molecule has 2 aliphatic heterocycles. The number of piperidine rings is 1. The van der Waals surface area contributed by atoms with Gasteiger partial charge < -0.3 is 14.6 Å². The molecule has 2 aromatic rings. The predicted molar refractivity (Wildman–Crippen MR) is 123 cm³/mol. The molecule has 0 unspecified atom stereocenters. The summed E-state index contributed by atoms with van der Waals surface area (Å²) < 4.78 is 25.2. The number of phenolic OH excluding ortho intramolecular Hbond substituents is 1. The molecule has 2 aromatic carbocycles. The number of hydrogen-bond acceptors (Lipinski definition) is 5. The summed E-state index contributed by atoms with van der Waals surface area (Å²) in [5.41, 5.74) is 1.67. The predicted octanol–water partition coefficient (Wildman–Crippen LogP) is 4.43. The molecule has 0 saturated carbocycles. The van der Waals surface area contributed by atoms with Gasteiger partial charge >= 0.3 is 0 Å². The maximum absolute atomic E-state index is 14.0. The molecule has 0 radical (unpaired) electrons. The lowest BCUT2D eigenvalue weighted by Gasteiger charge is -2.35. The van der Waals surface area contributed by atoms with E-state index in [1.807, 2.05) is 24.3 Å². The van der Waals surface area contributed by atoms with Crippen LogP contribution in [0.15, 0.2) is 42.5 Å². The Hall–Kier alpha value is -2.15. The van der Waals surface area contributed by atoms with E-state index < -0.39 is 0 Å². The molecular weight excluding hydrogens is 407 g/mol. The minimum absolute atomic E-state index is 0.115. The van der Waals surface area contributed by atoms with Gasteiger partial charge in [0.25, 0.3) is 0 Å². The minimum Gasteiger partial charge on any atom is -0.504 e. The van der Waals surface area contributed by atoms with Crippen molar-refractivity contribution >= 4 is 0 Å². The van der Waals surface area contributed by atoms with Crippen LogP contribution in [0.4, 0.5) is 4.39 Å². The number of hydrogen-bond donors (Lipinski definition) is 1. The Morgan fingerprint density at radius 2 is 1.84 bits per heavy atom. The van der Waals surface area contributed by atoms with Gasteiger partial charge in [0.2, 0.25) is 0 Å². The van der Waals surface area contributed by atoms with Crippen LogP contribution < -0.4 is 4.74 Å². The largest absolute Gasteiger partial charge is 0.504 e. The maximum atomic E-state index is 14.0. The van der Waals surface area contributed by atoms with Gasteiger partial charge in [-0.05, 0) is 56.8 Å². The number of rotatable bonds is 9. The molecule has 4 rings (SSSR count). The van der Waals surface area contributed by atoms with E-state index in [1.54, 1.807) is 25.3 Å². The molecule has 174 valence electrons. The molecule has 2 saturated heterocycles. The second-order valence-electron chi connectivity index (χ2n) is 9.11. The smallest absolute Gasteiger partial charge is 0.162 e. The molecule has 1 atom stereocenters. The molecule has 2 heterocycles. The molecular formula is C26H35FN2O3. The summed E-state index contributed by atoms with van der Waals surface area (Å²) in [5.74, 6) is 1.21. The third kappa shape index (κ3) is 6.00. The van der Waals surface area contributed by atoms with Gasteiger partial charge in [0.15, 0.2) is 11.5 Å². The molecule has 0 spiro atoms. The first-order valence-corrected chi connectivity index (χ1v) is 11.8. The normalized spacial score (nSPS) is 20.2. The van der Waals surface area contributed by atoms with Crippen molar-refractivity contribution in [1.29, 1.82) is 0 Å². The van der Waals surface area contributed by atoms with Gasteiger partial charge in [-0.2, -0.15) is 0 Å². The van der Waals surface area contributed by atoms with Gasteiger partial charge in [-0.25, -0.2) is 4.39 Å². The summed E-state index contributed by atoms with van der Waals surface area (Å²) in [5, 5.41) is 10.6. The standard InChI is InChI=1S/C26H35FN2O3/c1-31-25-10-4-7-22(26(25)30)18-29(19-23-8-5-15-32-23)16-20-11-13-28(14-12-20)17-21-6-2-3-9-24(21)27/h2-4,6-7,9-10,20,23,30H,5,8,11-19H2,1H3/t23-/m1/s1. The van der Waals surface area contributed by atoms with Gasteiger partial charge in [0.1, 0.15) is 5.82 Å². The van der Waals surface area contributed by atoms with Crippen LogP contribution in [0.5, 0.6) is 11.5 Å². The Morgan fingerprint density at radius 1 is 1.06 bits per heavy atom. The molecule has 2 fully saturated rings. The number of benzene rings is 2. The number of nitrogens with zero attached hydrogens (tertiary/aromatic N) is 2. The van der Waals surface area contributed by atoms with Crippen LogP contribution in [-0.4, -0.2) is 60.9 Å². The number of phenols is 1. The highest BCUT2D eigenvalue weighted by Crippen LogP contribution is 2.31. The number of ether oxygens (including phenoxy) is 2. The Kier molecular flexibility index (Phi) is 8.00. The first kappa shape index (κ1) is 23.0. The van der Waals surface area contributed by atoms with Crippen molar-refractivity contribution < 1.29 is 19.0 Å². The summed E-state index contributed by atoms with van der Waals surface area (Å²) >= 11 is 0. The van der Waals surface area contributed by atoms with Crippen molar-refractivity contribution in [1.82, 2.24) is 9.80 Å². The molecule has 2 aliphatic rings. The summed E-state index contributed by atoms with van der Waals surface area (Å²) in [6.07, 6.45) is 4.68. The zero-order valence-electron chi connectivity index (χ0n) is 19.0. The van der Waals surface area contributed by atoms with Gasteiger partial charge in [0, 0.05) is 43.9 Å². The van der Waals surface area contributed by atoms with Crippen molar-refractivity contribution in [3.63, 3.8) is 0 Å². The Labute approximate surface area is 190 Å². The highest BCUT2D eigenvalue weighted by Gasteiger charge is 2.26. The number of aromatic hydroxyl groups is 1. The van der Waals surface area contributed by atoms with E-state index in [4.69, 9.17) is 9.47 Å². The zero-order valence-corrected chi connectivity index (χ0v) is 19.0. The molecule has 5 nitrogen and oxygen atoms in total. The molecule has 0 amide bonds. The fourth-order valence-electron chi connectivity index (χ4n) is 4.94. The molecule has 0 aromatic heterocycles. The van der Waals surface area contributed by atoms with E-state index in [9.17, 15) is 9.50 Å². The zero-order chi connectivity index (χ0) is 22.3. The fourth-order valence-corrected chi connectivity index (χ4v) is 4.94. The highest BCUT2D eigenvalue weighted by atomic mass is 19.1. The van der Waals surface area contributed by atoms with Crippen LogP contribution in [-0.2, 0) is 17.8 Å². The lowest BCUT2D eigenvalue weighted by Crippen LogP contribution is -2.40. The Morgan fingerprint density at radius 3 is 2.56 bits per heavy atom. The molecule has 0 aliphatic carbocycles. The van der Waals surface area contributed by atoms with E-state index in [1.165, 1.54) is 0 Å². The van der Waals surface area contributed by atoms with E-state index in [0.717, 1.165) is 69.6 Å². The SMILES string of the molecule is COc1cccc(CN(CC2CCN(Cc3ccccc3F)CC2)C[C@H]2CCCO2)c1O. The van der Waals surface area contributed by atoms with E-state index in [0.29, 0.717) is 24.8 Å². The minimum atomic E-state index is -0.115. The first-order valence-electron chi connectivity index (χ1n) is 11.8. The molecule has 32 heavy (non-hydrogen) atoms. The van der Waals surface area contributed by atoms with Crippen molar-refractivity contribution in [3.05, 3.63) is 59.4 Å². The Balaban J connectivity index is 1.35. The summed E-state index contributed by atoms with van der Waals surface area (Å²) in [6.45, 7) is 6.02. The first-order chi connectivity index (χ1) is 15.6.